The first-order chi connectivity index (χ1) is 19.8. The summed E-state index contributed by atoms with van der Waals surface area (Å²) in [6.07, 6.45) is 0.703. The number of benzene rings is 3. The van der Waals surface area contributed by atoms with Crippen LogP contribution in [0.1, 0.15) is 43.9 Å². The largest absolute Gasteiger partial charge is 0.495 e. The van der Waals surface area contributed by atoms with Gasteiger partial charge in [-0.2, -0.15) is 0 Å². The summed E-state index contributed by atoms with van der Waals surface area (Å²) in [5.41, 5.74) is 2.50. The van der Waals surface area contributed by atoms with Gasteiger partial charge in [-0.1, -0.05) is 60.0 Å². The number of methoxy groups -OCH3 is 1. The number of sulfonamides is 1. The molecule has 0 spiro atoms. The summed E-state index contributed by atoms with van der Waals surface area (Å²) in [6, 6.07) is 15.4. The molecular weight excluding hydrogens is 597 g/mol. The fraction of sp³-hybridized carbons (Fsp3) is 0.355. The Morgan fingerprint density at radius 3 is 2.17 bits per heavy atom. The summed E-state index contributed by atoms with van der Waals surface area (Å²) < 4.78 is 34.7. The number of nitrogens with one attached hydrogen (secondary N) is 1. The van der Waals surface area contributed by atoms with E-state index >= 15 is 0 Å². The minimum Gasteiger partial charge on any atom is -0.495 e. The van der Waals surface area contributed by atoms with Crippen LogP contribution in [0.15, 0.2) is 65.6 Å². The second-order valence-electron chi connectivity index (χ2n) is 10.3. The fourth-order valence-corrected chi connectivity index (χ4v) is 5.97. The monoisotopic (exact) mass is 633 g/mol. The van der Waals surface area contributed by atoms with Crippen molar-refractivity contribution in [3.63, 3.8) is 0 Å². The quantitative estimate of drug-likeness (QED) is 0.258. The van der Waals surface area contributed by atoms with E-state index in [4.69, 9.17) is 27.9 Å². The number of aryl methyl sites for hydroxylation is 2. The summed E-state index contributed by atoms with van der Waals surface area (Å²) in [5, 5.41) is 3.56. The van der Waals surface area contributed by atoms with E-state index in [1.54, 1.807) is 55.5 Å². The maximum Gasteiger partial charge on any atom is 0.264 e. The summed E-state index contributed by atoms with van der Waals surface area (Å²) in [6.45, 7) is 8.51. The molecule has 1 N–H and O–H groups in total. The smallest absolute Gasteiger partial charge is 0.264 e. The lowest BCUT2D eigenvalue weighted by atomic mass is 10.1. The van der Waals surface area contributed by atoms with Crippen LogP contribution in [0.4, 0.5) is 5.69 Å². The van der Waals surface area contributed by atoms with E-state index in [-0.39, 0.29) is 34.8 Å². The Labute approximate surface area is 258 Å². The number of hydrogen-bond acceptors (Lipinski definition) is 5. The first-order valence-electron chi connectivity index (χ1n) is 13.6. The Morgan fingerprint density at radius 1 is 0.929 bits per heavy atom. The number of nitrogens with zero attached hydrogens (tertiary/aromatic N) is 2. The number of anilines is 1. The Morgan fingerprint density at radius 2 is 1.57 bits per heavy atom. The van der Waals surface area contributed by atoms with Crippen LogP contribution < -0.4 is 14.4 Å². The van der Waals surface area contributed by atoms with Crippen molar-refractivity contribution < 1.29 is 22.7 Å². The Hall–Kier alpha value is -3.27. The molecule has 0 aromatic heterocycles. The van der Waals surface area contributed by atoms with Crippen molar-refractivity contribution in [3.05, 3.63) is 87.4 Å². The van der Waals surface area contributed by atoms with Gasteiger partial charge in [0.25, 0.3) is 10.0 Å². The van der Waals surface area contributed by atoms with Gasteiger partial charge in [0.15, 0.2) is 0 Å². The van der Waals surface area contributed by atoms with Gasteiger partial charge in [0.05, 0.1) is 27.7 Å². The Balaban J connectivity index is 2.11. The third-order valence-electron chi connectivity index (χ3n) is 7.00. The Kier molecular flexibility index (Phi) is 11.3. The molecule has 42 heavy (non-hydrogen) atoms. The van der Waals surface area contributed by atoms with E-state index in [2.05, 4.69) is 5.32 Å². The number of ether oxygens (including phenoxy) is 1. The highest BCUT2D eigenvalue weighted by atomic mass is 35.5. The normalized spacial score (nSPS) is 12.8. The second-order valence-corrected chi connectivity index (χ2v) is 12.9. The van der Waals surface area contributed by atoms with Gasteiger partial charge in [-0.3, -0.25) is 13.9 Å². The zero-order valence-corrected chi connectivity index (χ0v) is 27.0. The lowest BCUT2D eigenvalue weighted by Crippen LogP contribution is -2.52. The SMILES string of the molecule is CC[C@@H](C)NC(=O)[C@@H](C)N(Cc1ccc(Cl)c(Cl)c1)C(=O)CN(c1cc(C)ccc1OC)S(=O)(=O)c1ccc(C)cc1. The molecule has 8 nitrogen and oxygen atoms in total. The van der Waals surface area contributed by atoms with Crippen LogP contribution in [0.5, 0.6) is 5.75 Å². The first-order valence-corrected chi connectivity index (χ1v) is 15.8. The van der Waals surface area contributed by atoms with E-state index in [0.29, 0.717) is 22.0 Å². The van der Waals surface area contributed by atoms with Crippen molar-refractivity contribution in [2.24, 2.45) is 0 Å². The molecule has 0 unspecified atom stereocenters. The average molecular weight is 635 g/mol. The lowest BCUT2D eigenvalue weighted by Gasteiger charge is -2.33. The zero-order valence-electron chi connectivity index (χ0n) is 24.6. The van der Waals surface area contributed by atoms with Crippen LogP contribution >= 0.6 is 23.2 Å². The number of carbonyl (C=O) groups excluding carboxylic acids is 2. The molecule has 0 aliphatic rings. The molecule has 0 saturated carbocycles. The highest BCUT2D eigenvalue weighted by molar-refractivity contribution is 7.92. The predicted octanol–water partition coefficient (Wildman–Crippen LogP) is 6.15. The molecule has 0 aliphatic carbocycles. The van der Waals surface area contributed by atoms with Gasteiger partial charge in [0, 0.05) is 12.6 Å². The van der Waals surface area contributed by atoms with Crippen LogP contribution in [0, 0.1) is 13.8 Å². The maximum absolute atomic E-state index is 14.1. The standard InChI is InChI=1S/C31H37Cl2N3O5S/c1-7-22(4)34-31(38)23(5)35(18-24-11-14-26(32)27(33)17-24)30(37)19-36(28-16-21(3)10-15-29(28)41-6)42(39,40)25-12-8-20(2)9-13-25/h8-17,22-23H,7,18-19H2,1-6H3,(H,34,38)/t22-,23-/m1/s1. The number of carbonyl (C=O) groups is 2. The molecule has 2 amide bonds. The van der Waals surface area contributed by atoms with Crippen molar-refractivity contribution >= 4 is 50.7 Å². The molecule has 0 heterocycles. The van der Waals surface area contributed by atoms with Crippen LogP contribution in [-0.2, 0) is 26.2 Å². The Bertz CT molecular complexity index is 1530. The minimum atomic E-state index is -4.24. The zero-order chi connectivity index (χ0) is 31.2. The molecule has 3 rings (SSSR count). The summed E-state index contributed by atoms with van der Waals surface area (Å²) >= 11 is 12.3. The molecule has 2 atom stereocenters. The molecule has 0 radical (unpaired) electrons. The van der Waals surface area contributed by atoms with Crippen LogP contribution in [0.3, 0.4) is 0 Å². The fourth-order valence-electron chi connectivity index (χ4n) is 4.23. The van der Waals surface area contributed by atoms with Gasteiger partial charge in [0.1, 0.15) is 18.3 Å². The molecule has 0 aliphatic heterocycles. The number of rotatable bonds is 12. The predicted molar refractivity (Wildman–Crippen MR) is 168 cm³/mol. The number of amides is 2. The summed E-state index contributed by atoms with van der Waals surface area (Å²) in [4.78, 5) is 28.7. The highest BCUT2D eigenvalue weighted by Crippen LogP contribution is 2.34. The second kappa shape index (κ2) is 14.3. The molecule has 11 heteroatoms. The molecule has 0 bridgehead atoms. The van der Waals surface area contributed by atoms with Gasteiger partial charge in [-0.05, 0) is 81.6 Å². The van der Waals surface area contributed by atoms with E-state index in [1.165, 1.54) is 24.1 Å². The average Bonchev–Trinajstić information content (AvgIpc) is 2.95. The third kappa shape index (κ3) is 7.96. The number of halogens is 2. The van der Waals surface area contributed by atoms with Crippen LogP contribution in [0.25, 0.3) is 0 Å². The van der Waals surface area contributed by atoms with Crippen LogP contribution in [-0.4, -0.2) is 50.9 Å². The summed E-state index contributed by atoms with van der Waals surface area (Å²) in [5.74, 6) is -0.673. The highest BCUT2D eigenvalue weighted by Gasteiger charge is 2.34. The van der Waals surface area contributed by atoms with Gasteiger partial charge in [-0.25, -0.2) is 8.42 Å². The van der Waals surface area contributed by atoms with Crippen molar-refractivity contribution in [1.82, 2.24) is 10.2 Å². The molecule has 0 saturated heterocycles. The molecular formula is C31H37Cl2N3O5S. The minimum absolute atomic E-state index is 0.00577. The molecule has 3 aromatic rings. The van der Waals surface area contributed by atoms with Crippen molar-refractivity contribution in [2.75, 3.05) is 18.0 Å². The molecule has 0 fully saturated rings. The molecule has 3 aromatic carbocycles. The molecule has 226 valence electrons. The van der Waals surface area contributed by atoms with Gasteiger partial charge < -0.3 is 15.0 Å². The van der Waals surface area contributed by atoms with Crippen LogP contribution in [0.2, 0.25) is 10.0 Å². The van der Waals surface area contributed by atoms with E-state index < -0.39 is 28.5 Å². The lowest BCUT2D eigenvalue weighted by molar-refractivity contribution is -0.139. The van der Waals surface area contributed by atoms with Crippen molar-refractivity contribution in [1.29, 1.82) is 0 Å². The van der Waals surface area contributed by atoms with E-state index in [9.17, 15) is 18.0 Å². The number of hydrogen-bond donors (Lipinski definition) is 1. The van der Waals surface area contributed by atoms with E-state index in [0.717, 1.165) is 15.4 Å². The first kappa shape index (κ1) is 33.2. The summed E-state index contributed by atoms with van der Waals surface area (Å²) in [7, 11) is -2.80. The van der Waals surface area contributed by atoms with Crippen molar-refractivity contribution in [3.8, 4) is 5.75 Å². The van der Waals surface area contributed by atoms with E-state index in [1.807, 2.05) is 27.7 Å². The maximum atomic E-state index is 14.1. The third-order valence-corrected chi connectivity index (χ3v) is 9.51. The van der Waals surface area contributed by atoms with Gasteiger partial charge >= 0.3 is 0 Å². The van der Waals surface area contributed by atoms with Gasteiger partial charge in [-0.15, -0.1) is 0 Å². The topological polar surface area (TPSA) is 96.0 Å². The van der Waals surface area contributed by atoms with Gasteiger partial charge in [0.2, 0.25) is 11.8 Å². The van der Waals surface area contributed by atoms with Crippen molar-refractivity contribution in [2.45, 2.75) is 64.6 Å².